The zero-order valence-electron chi connectivity index (χ0n) is 13.5. The fourth-order valence-corrected chi connectivity index (χ4v) is 3.18. The van der Waals surface area contributed by atoms with Crippen molar-refractivity contribution in [3.63, 3.8) is 0 Å². The first-order valence-corrected chi connectivity index (χ1v) is 10.5. The summed E-state index contributed by atoms with van der Waals surface area (Å²) < 4.78 is 15.7. The van der Waals surface area contributed by atoms with Crippen molar-refractivity contribution in [2.45, 2.75) is 44.6 Å². The molecule has 0 spiro atoms. The number of nitrogens with one attached hydrogen (secondary N) is 1. The summed E-state index contributed by atoms with van der Waals surface area (Å²) in [6, 6.07) is -0.391. The van der Waals surface area contributed by atoms with Crippen LogP contribution in [-0.2, 0) is 18.7 Å². The Hall–Kier alpha value is -0.620. The van der Waals surface area contributed by atoms with Crippen molar-refractivity contribution in [1.82, 2.24) is 10.2 Å². The van der Waals surface area contributed by atoms with Crippen molar-refractivity contribution >= 4 is 31.0 Å². The van der Waals surface area contributed by atoms with Crippen LogP contribution in [0, 0.1) is 0 Å². The number of amides is 2. The average molecular weight is 369 g/mol. The maximum Gasteiger partial charge on any atom is 0.325 e. The first-order valence-electron chi connectivity index (χ1n) is 7.93. The van der Waals surface area contributed by atoms with Crippen molar-refractivity contribution in [2.75, 3.05) is 32.2 Å². The molecule has 1 rings (SSSR count). The Balaban J connectivity index is 2.10. The SMILES string of the molecule is CP(=O)(O)OCCCCCCNC(=O)C1CCCN1C(=O)CCl. The third-order valence-corrected chi connectivity index (χ3v) is 4.58. The number of hydrogen-bond donors (Lipinski definition) is 2. The van der Waals surface area contributed by atoms with Crippen molar-refractivity contribution in [2.24, 2.45) is 0 Å². The van der Waals surface area contributed by atoms with Gasteiger partial charge >= 0.3 is 7.60 Å². The molecule has 0 saturated carbocycles. The summed E-state index contributed by atoms with van der Waals surface area (Å²) in [5.74, 6) is -0.400. The van der Waals surface area contributed by atoms with E-state index in [2.05, 4.69) is 5.32 Å². The van der Waals surface area contributed by atoms with Gasteiger partial charge in [0.1, 0.15) is 11.9 Å². The van der Waals surface area contributed by atoms with E-state index in [4.69, 9.17) is 21.0 Å². The van der Waals surface area contributed by atoms with E-state index in [0.717, 1.165) is 25.7 Å². The Kier molecular flexibility index (Phi) is 9.14. The van der Waals surface area contributed by atoms with Crippen LogP contribution >= 0.6 is 19.2 Å². The summed E-state index contributed by atoms with van der Waals surface area (Å²) in [7, 11) is -3.37. The van der Waals surface area contributed by atoms with Crippen molar-refractivity contribution < 1.29 is 23.6 Å². The highest BCUT2D eigenvalue weighted by atomic mass is 35.5. The van der Waals surface area contributed by atoms with E-state index >= 15 is 0 Å². The maximum atomic E-state index is 12.1. The van der Waals surface area contributed by atoms with E-state index in [0.29, 0.717) is 25.9 Å². The largest absolute Gasteiger partial charge is 0.354 e. The monoisotopic (exact) mass is 368 g/mol. The number of halogens is 1. The van der Waals surface area contributed by atoms with E-state index in [1.165, 1.54) is 6.66 Å². The lowest BCUT2D eigenvalue weighted by atomic mass is 10.2. The Labute approximate surface area is 142 Å². The number of likely N-dealkylation sites (tertiary alicyclic amines) is 1. The summed E-state index contributed by atoms with van der Waals surface area (Å²) in [5.41, 5.74) is 0. The molecule has 9 heteroatoms. The molecule has 7 nitrogen and oxygen atoms in total. The lowest BCUT2D eigenvalue weighted by molar-refractivity contribution is -0.136. The van der Waals surface area contributed by atoms with Gasteiger partial charge in [0.25, 0.3) is 0 Å². The molecule has 0 aromatic heterocycles. The third kappa shape index (κ3) is 8.15. The fraction of sp³-hybridized carbons (Fsp3) is 0.857. The van der Waals surface area contributed by atoms with Crippen LogP contribution in [0.1, 0.15) is 38.5 Å². The van der Waals surface area contributed by atoms with Gasteiger partial charge in [0.05, 0.1) is 6.61 Å². The second kappa shape index (κ2) is 10.3. The van der Waals surface area contributed by atoms with E-state index in [1.54, 1.807) is 4.90 Å². The maximum absolute atomic E-state index is 12.1. The third-order valence-electron chi connectivity index (χ3n) is 3.69. The molecule has 2 amide bonds. The van der Waals surface area contributed by atoms with Crippen LogP contribution in [0.25, 0.3) is 0 Å². The molecule has 1 heterocycles. The molecule has 2 unspecified atom stereocenters. The molecular weight excluding hydrogens is 343 g/mol. The lowest BCUT2D eigenvalue weighted by Gasteiger charge is -2.23. The molecule has 2 N–H and O–H groups in total. The summed E-state index contributed by atoms with van der Waals surface area (Å²) in [6.45, 7) is 2.60. The van der Waals surface area contributed by atoms with Gasteiger partial charge in [-0.05, 0) is 25.7 Å². The van der Waals surface area contributed by atoms with Crippen LogP contribution in [0.5, 0.6) is 0 Å². The number of carbonyl (C=O) groups is 2. The van der Waals surface area contributed by atoms with Gasteiger partial charge < -0.3 is 19.6 Å². The minimum absolute atomic E-state index is 0.0929. The Morgan fingerprint density at radius 3 is 2.70 bits per heavy atom. The van der Waals surface area contributed by atoms with Gasteiger partial charge in [0.2, 0.25) is 11.8 Å². The van der Waals surface area contributed by atoms with E-state index < -0.39 is 13.6 Å². The molecule has 134 valence electrons. The summed E-state index contributed by atoms with van der Waals surface area (Å²) >= 11 is 5.55. The number of rotatable bonds is 10. The molecule has 0 aromatic rings. The highest BCUT2D eigenvalue weighted by Gasteiger charge is 2.33. The first kappa shape index (κ1) is 20.4. The molecule has 1 aliphatic rings. The Morgan fingerprint density at radius 1 is 1.35 bits per heavy atom. The number of unbranched alkanes of at least 4 members (excludes halogenated alkanes) is 3. The Bertz CT molecular complexity index is 443. The van der Waals surface area contributed by atoms with Gasteiger partial charge in [-0.15, -0.1) is 11.6 Å². The molecule has 0 bridgehead atoms. The fourth-order valence-electron chi connectivity index (χ4n) is 2.56. The van der Waals surface area contributed by atoms with Gasteiger partial charge in [-0.25, -0.2) is 0 Å². The molecule has 23 heavy (non-hydrogen) atoms. The first-order chi connectivity index (χ1) is 10.8. The molecular formula is C14H26ClN2O5P. The molecule has 0 aliphatic carbocycles. The van der Waals surface area contributed by atoms with Crippen LogP contribution in [0.4, 0.5) is 0 Å². The van der Waals surface area contributed by atoms with Gasteiger partial charge in [0.15, 0.2) is 0 Å². The zero-order chi connectivity index (χ0) is 17.3. The highest BCUT2D eigenvalue weighted by Crippen LogP contribution is 2.36. The summed E-state index contributed by atoms with van der Waals surface area (Å²) in [4.78, 5) is 34.2. The summed E-state index contributed by atoms with van der Waals surface area (Å²) in [6.07, 6.45) is 4.82. The van der Waals surface area contributed by atoms with Gasteiger partial charge in [0, 0.05) is 19.8 Å². The van der Waals surface area contributed by atoms with Crippen LogP contribution in [0.2, 0.25) is 0 Å². The predicted molar refractivity (Wildman–Crippen MR) is 88.6 cm³/mol. The molecule has 2 atom stereocenters. The molecule has 0 aromatic carbocycles. The number of carbonyl (C=O) groups excluding carboxylic acids is 2. The highest BCUT2D eigenvalue weighted by molar-refractivity contribution is 7.51. The summed E-state index contributed by atoms with van der Waals surface area (Å²) in [5, 5.41) is 2.86. The van der Waals surface area contributed by atoms with Gasteiger partial charge in [-0.3, -0.25) is 14.2 Å². The number of nitrogens with zero attached hydrogens (tertiary/aromatic N) is 1. The number of alkyl halides is 1. The van der Waals surface area contributed by atoms with Crippen LogP contribution in [0.15, 0.2) is 0 Å². The molecule has 1 saturated heterocycles. The normalized spacial score (nSPS) is 20.3. The van der Waals surface area contributed by atoms with Crippen LogP contribution in [0.3, 0.4) is 0 Å². The Morgan fingerprint density at radius 2 is 2.04 bits per heavy atom. The minimum atomic E-state index is -3.37. The number of hydrogen-bond acceptors (Lipinski definition) is 4. The predicted octanol–water partition coefficient (Wildman–Crippen LogP) is 1.72. The average Bonchev–Trinajstić information content (AvgIpc) is 2.97. The van der Waals surface area contributed by atoms with Gasteiger partial charge in [-0.1, -0.05) is 12.8 Å². The smallest absolute Gasteiger partial charge is 0.325 e. The lowest BCUT2D eigenvalue weighted by Crippen LogP contribution is -2.46. The van der Waals surface area contributed by atoms with Crippen LogP contribution < -0.4 is 5.32 Å². The van der Waals surface area contributed by atoms with Crippen molar-refractivity contribution in [1.29, 1.82) is 0 Å². The topological polar surface area (TPSA) is 95.9 Å². The minimum Gasteiger partial charge on any atom is -0.354 e. The zero-order valence-corrected chi connectivity index (χ0v) is 15.2. The molecule has 1 fully saturated rings. The second-order valence-electron chi connectivity index (χ2n) is 5.72. The van der Waals surface area contributed by atoms with Gasteiger partial charge in [-0.2, -0.15) is 0 Å². The molecule has 0 radical (unpaired) electrons. The van der Waals surface area contributed by atoms with Crippen LogP contribution in [-0.4, -0.2) is 59.9 Å². The van der Waals surface area contributed by atoms with Crippen molar-refractivity contribution in [3.8, 4) is 0 Å². The standard InChI is InChI=1S/C14H26ClN2O5P/c1-23(20,21)22-10-5-3-2-4-8-16-14(19)12-7-6-9-17(12)13(18)11-15/h12H,2-11H2,1H3,(H,16,19)(H,20,21). The van der Waals surface area contributed by atoms with Crippen molar-refractivity contribution in [3.05, 3.63) is 0 Å². The van der Waals surface area contributed by atoms with E-state index in [-0.39, 0.29) is 24.3 Å². The van der Waals surface area contributed by atoms with E-state index in [1.807, 2.05) is 0 Å². The second-order valence-corrected chi connectivity index (χ2v) is 7.85. The molecule has 1 aliphatic heterocycles. The van der Waals surface area contributed by atoms with E-state index in [9.17, 15) is 14.2 Å². The quantitative estimate of drug-likeness (QED) is 0.348.